The summed E-state index contributed by atoms with van der Waals surface area (Å²) in [4.78, 5) is 20.9. The van der Waals surface area contributed by atoms with Crippen molar-refractivity contribution in [1.82, 2.24) is 0 Å². The first kappa shape index (κ1) is 12.8. The van der Waals surface area contributed by atoms with E-state index in [4.69, 9.17) is 16.7 Å². The average Bonchev–Trinajstić information content (AvgIpc) is 2.16. The second kappa shape index (κ2) is 5.72. The monoisotopic (exact) mass is 261 g/mol. The van der Waals surface area contributed by atoms with Crippen LogP contribution in [0.15, 0.2) is 23.1 Å². The fraction of sp³-hybridized carbons (Fsp3) is 0.222. The Balaban J connectivity index is 2.83. The number of hydrogen-bond donors (Lipinski definition) is 1. The normalized spacial score (nSPS) is 10.1. The van der Waals surface area contributed by atoms with E-state index in [9.17, 15) is 14.9 Å². The van der Waals surface area contributed by atoms with Crippen LogP contribution in [0, 0.1) is 10.1 Å². The number of carbonyl (C=O) groups is 1. The van der Waals surface area contributed by atoms with Gasteiger partial charge >= 0.3 is 11.7 Å². The number of para-hydroxylation sites is 1. The van der Waals surface area contributed by atoms with E-state index in [1.165, 1.54) is 6.07 Å². The summed E-state index contributed by atoms with van der Waals surface area (Å²) >= 11 is 6.81. The maximum Gasteiger partial charge on any atom is 0.304 e. The largest absolute Gasteiger partial charge is 0.481 e. The Morgan fingerprint density at radius 2 is 2.25 bits per heavy atom. The van der Waals surface area contributed by atoms with Crippen molar-refractivity contribution >= 4 is 35.0 Å². The lowest BCUT2D eigenvalue weighted by Gasteiger charge is -2.02. The van der Waals surface area contributed by atoms with E-state index in [2.05, 4.69) is 0 Å². The van der Waals surface area contributed by atoms with Gasteiger partial charge in [0.1, 0.15) is 5.02 Å². The molecule has 1 rings (SSSR count). The molecule has 86 valence electrons. The van der Waals surface area contributed by atoms with Crippen molar-refractivity contribution in [2.24, 2.45) is 0 Å². The minimum absolute atomic E-state index is 0.0473. The highest BCUT2D eigenvalue weighted by molar-refractivity contribution is 7.99. The van der Waals surface area contributed by atoms with Crippen molar-refractivity contribution in [2.45, 2.75) is 11.3 Å². The van der Waals surface area contributed by atoms with Gasteiger partial charge in [-0.25, -0.2) is 0 Å². The van der Waals surface area contributed by atoms with Crippen molar-refractivity contribution in [3.8, 4) is 0 Å². The van der Waals surface area contributed by atoms with E-state index < -0.39 is 10.9 Å². The number of nitro benzene ring substituents is 1. The summed E-state index contributed by atoms with van der Waals surface area (Å²) in [6.07, 6.45) is -0.0473. The molecule has 0 saturated heterocycles. The van der Waals surface area contributed by atoms with E-state index in [1.807, 2.05) is 0 Å². The SMILES string of the molecule is O=C(O)CCSc1cccc(Cl)c1[N+](=O)[O-]. The molecular weight excluding hydrogens is 254 g/mol. The predicted octanol–water partition coefficient (Wildman–Crippen LogP) is 2.82. The zero-order valence-corrected chi connectivity index (χ0v) is 9.62. The Morgan fingerprint density at radius 1 is 1.56 bits per heavy atom. The Kier molecular flexibility index (Phi) is 4.57. The second-order valence-electron chi connectivity index (χ2n) is 2.84. The number of benzene rings is 1. The lowest BCUT2D eigenvalue weighted by molar-refractivity contribution is -0.387. The maximum atomic E-state index is 10.7. The maximum absolute atomic E-state index is 10.7. The number of thioether (sulfide) groups is 1. The van der Waals surface area contributed by atoms with Gasteiger partial charge in [-0.1, -0.05) is 17.7 Å². The molecule has 0 bridgehead atoms. The topological polar surface area (TPSA) is 80.4 Å². The van der Waals surface area contributed by atoms with Gasteiger partial charge < -0.3 is 5.11 Å². The third-order valence-corrected chi connectivity index (χ3v) is 3.06. The molecule has 0 aromatic heterocycles. The number of hydrogen-bond acceptors (Lipinski definition) is 4. The van der Waals surface area contributed by atoms with Crippen molar-refractivity contribution in [1.29, 1.82) is 0 Å². The van der Waals surface area contributed by atoms with Gasteiger partial charge in [0.25, 0.3) is 0 Å². The average molecular weight is 262 g/mol. The smallest absolute Gasteiger partial charge is 0.304 e. The van der Waals surface area contributed by atoms with Crippen molar-refractivity contribution in [2.75, 3.05) is 5.75 Å². The molecule has 0 atom stereocenters. The van der Waals surface area contributed by atoms with E-state index in [0.29, 0.717) is 4.90 Å². The van der Waals surface area contributed by atoms with Gasteiger partial charge in [0, 0.05) is 5.75 Å². The third kappa shape index (κ3) is 3.39. The molecule has 1 aromatic rings. The molecule has 0 amide bonds. The lowest BCUT2D eigenvalue weighted by Crippen LogP contribution is -1.97. The first-order valence-corrected chi connectivity index (χ1v) is 5.66. The zero-order valence-electron chi connectivity index (χ0n) is 8.05. The van der Waals surface area contributed by atoms with E-state index in [-0.39, 0.29) is 22.9 Å². The first-order chi connectivity index (χ1) is 7.52. The van der Waals surface area contributed by atoms with Crippen LogP contribution >= 0.6 is 23.4 Å². The van der Waals surface area contributed by atoms with Crippen LogP contribution in [0.5, 0.6) is 0 Å². The summed E-state index contributed by atoms with van der Waals surface area (Å²) in [5.41, 5.74) is -0.167. The Morgan fingerprint density at radius 3 is 2.81 bits per heavy atom. The highest BCUT2D eigenvalue weighted by Crippen LogP contribution is 2.35. The molecule has 0 spiro atoms. The van der Waals surface area contributed by atoms with Gasteiger partial charge in [-0.2, -0.15) is 0 Å². The summed E-state index contributed by atoms with van der Waals surface area (Å²) in [5, 5.41) is 19.2. The number of aliphatic carboxylic acids is 1. The Bertz CT molecular complexity index is 424. The molecule has 0 unspecified atom stereocenters. The number of carboxylic acid groups (broad SMARTS) is 1. The molecule has 7 heteroatoms. The van der Waals surface area contributed by atoms with Gasteiger partial charge in [-0.05, 0) is 12.1 Å². The van der Waals surface area contributed by atoms with Crippen LogP contribution in [-0.4, -0.2) is 21.8 Å². The summed E-state index contributed by atoms with van der Waals surface area (Å²) in [5.74, 6) is -0.659. The second-order valence-corrected chi connectivity index (χ2v) is 4.38. The fourth-order valence-corrected chi connectivity index (χ4v) is 2.33. The molecule has 0 heterocycles. The van der Waals surface area contributed by atoms with Crippen LogP contribution in [0.4, 0.5) is 5.69 Å². The fourth-order valence-electron chi connectivity index (χ4n) is 1.04. The number of nitrogens with zero attached hydrogens (tertiary/aromatic N) is 1. The number of carboxylic acids is 1. The van der Waals surface area contributed by atoms with E-state index in [1.54, 1.807) is 12.1 Å². The molecule has 0 aliphatic carbocycles. The van der Waals surface area contributed by atoms with Gasteiger partial charge in [0.05, 0.1) is 16.2 Å². The number of rotatable bonds is 5. The molecule has 16 heavy (non-hydrogen) atoms. The highest BCUT2D eigenvalue weighted by Gasteiger charge is 2.18. The Hall–Kier alpha value is -1.27. The van der Waals surface area contributed by atoms with Crippen molar-refractivity contribution < 1.29 is 14.8 Å². The van der Waals surface area contributed by atoms with Crippen molar-refractivity contribution in [3.05, 3.63) is 33.3 Å². The first-order valence-electron chi connectivity index (χ1n) is 4.30. The van der Waals surface area contributed by atoms with Crippen LogP contribution in [0.2, 0.25) is 5.02 Å². The molecule has 0 fully saturated rings. The standard InChI is InChI=1S/C9H8ClNO4S/c10-6-2-1-3-7(9(6)11(14)15)16-5-4-8(12)13/h1-3H,4-5H2,(H,12,13). The highest BCUT2D eigenvalue weighted by atomic mass is 35.5. The molecule has 0 saturated carbocycles. The van der Waals surface area contributed by atoms with Crippen LogP contribution in [0.25, 0.3) is 0 Å². The third-order valence-electron chi connectivity index (χ3n) is 1.71. The molecule has 5 nitrogen and oxygen atoms in total. The summed E-state index contributed by atoms with van der Waals surface area (Å²) in [6.45, 7) is 0. The minimum atomic E-state index is -0.933. The van der Waals surface area contributed by atoms with E-state index in [0.717, 1.165) is 11.8 Å². The molecule has 1 aromatic carbocycles. The van der Waals surface area contributed by atoms with Gasteiger partial charge in [0.2, 0.25) is 0 Å². The van der Waals surface area contributed by atoms with Crippen LogP contribution < -0.4 is 0 Å². The summed E-state index contributed by atoms with van der Waals surface area (Å²) in [6, 6.07) is 4.58. The molecule has 0 aliphatic heterocycles. The summed E-state index contributed by atoms with van der Waals surface area (Å²) < 4.78 is 0. The van der Waals surface area contributed by atoms with Gasteiger partial charge in [-0.15, -0.1) is 11.8 Å². The predicted molar refractivity (Wildman–Crippen MR) is 61.1 cm³/mol. The molecule has 0 aliphatic rings. The molecular formula is C9H8ClNO4S. The summed E-state index contributed by atoms with van der Waals surface area (Å²) in [7, 11) is 0. The van der Waals surface area contributed by atoms with Crippen LogP contribution in [0.3, 0.4) is 0 Å². The number of halogens is 1. The van der Waals surface area contributed by atoms with E-state index >= 15 is 0 Å². The molecule has 1 N–H and O–H groups in total. The van der Waals surface area contributed by atoms with Crippen molar-refractivity contribution in [3.63, 3.8) is 0 Å². The lowest BCUT2D eigenvalue weighted by atomic mass is 10.3. The van der Waals surface area contributed by atoms with Gasteiger partial charge in [0.15, 0.2) is 0 Å². The van der Waals surface area contributed by atoms with Crippen LogP contribution in [0.1, 0.15) is 6.42 Å². The zero-order chi connectivity index (χ0) is 12.1. The van der Waals surface area contributed by atoms with Crippen LogP contribution in [-0.2, 0) is 4.79 Å². The quantitative estimate of drug-likeness (QED) is 0.501. The number of nitro groups is 1. The van der Waals surface area contributed by atoms with Gasteiger partial charge in [-0.3, -0.25) is 14.9 Å². The Labute approximate surface area is 101 Å². The minimum Gasteiger partial charge on any atom is -0.481 e. The molecule has 0 radical (unpaired) electrons.